The summed E-state index contributed by atoms with van der Waals surface area (Å²) in [5, 5.41) is 3.69. The zero-order valence-corrected chi connectivity index (χ0v) is 14.1. The van der Waals surface area contributed by atoms with Crippen LogP contribution in [0.1, 0.15) is 41.0 Å². The molecule has 3 heteroatoms. The first-order valence-corrected chi connectivity index (χ1v) is 8.28. The van der Waals surface area contributed by atoms with Gasteiger partial charge in [0.2, 0.25) is 0 Å². The maximum Gasteiger partial charge on any atom is 0.119 e. The number of ether oxygens (including phenoxy) is 1. The minimum atomic E-state index is 0.226. The molecule has 1 aromatic carbocycles. The van der Waals surface area contributed by atoms with Crippen molar-refractivity contribution < 1.29 is 4.74 Å². The van der Waals surface area contributed by atoms with Crippen LogP contribution in [0.5, 0.6) is 5.75 Å². The summed E-state index contributed by atoms with van der Waals surface area (Å²) in [6.07, 6.45) is 1.45. The van der Waals surface area contributed by atoms with Crippen LogP contribution in [-0.2, 0) is 0 Å². The molecule has 3 nitrogen and oxygen atoms in total. The fraction of sp³-hybridized carbons (Fsp3) is 0.667. The topological polar surface area (TPSA) is 24.5 Å². The second kappa shape index (κ2) is 7.17. The van der Waals surface area contributed by atoms with Gasteiger partial charge in [0, 0.05) is 30.9 Å². The summed E-state index contributed by atoms with van der Waals surface area (Å²) in [6.45, 7) is 13.2. The van der Waals surface area contributed by atoms with Crippen molar-refractivity contribution in [3.8, 4) is 5.75 Å². The van der Waals surface area contributed by atoms with Crippen molar-refractivity contribution in [2.24, 2.45) is 5.92 Å². The Balaban J connectivity index is 2.07. The number of anilines is 1. The van der Waals surface area contributed by atoms with E-state index in [4.69, 9.17) is 4.74 Å². The smallest absolute Gasteiger partial charge is 0.119 e. The van der Waals surface area contributed by atoms with Crippen LogP contribution in [0.2, 0.25) is 0 Å². The highest BCUT2D eigenvalue weighted by molar-refractivity contribution is 5.50. The molecule has 0 radical (unpaired) electrons. The molecule has 0 amide bonds. The average molecular weight is 290 g/mol. The minimum Gasteiger partial charge on any atom is -0.491 e. The number of hydrogen-bond acceptors (Lipinski definition) is 3. The van der Waals surface area contributed by atoms with Crippen molar-refractivity contribution in [2.45, 2.75) is 59.2 Å². The van der Waals surface area contributed by atoms with Gasteiger partial charge in [-0.3, -0.25) is 0 Å². The van der Waals surface area contributed by atoms with Gasteiger partial charge in [0.25, 0.3) is 0 Å². The fourth-order valence-electron chi connectivity index (χ4n) is 2.90. The Hall–Kier alpha value is -1.22. The number of benzene rings is 1. The molecule has 0 aromatic heterocycles. The van der Waals surface area contributed by atoms with E-state index >= 15 is 0 Å². The predicted molar refractivity (Wildman–Crippen MR) is 90.3 cm³/mol. The summed E-state index contributed by atoms with van der Waals surface area (Å²) in [7, 11) is 0. The van der Waals surface area contributed by atoms with Gasteiger partial charge in [-0.2, -0.15) is 0 Å². The lowest BCUT2D eigenvalue weighted by Gasteiger charge is -2.42. The molecule has 1 heterocycles. The van der Waals surface area contributed by atoms with E-state index < -0.39 is 0 Å². The van der Waals surface area contributed by atoms with E-state index in [0.717, 1.165) is 18.8 Å². The normalized spacial score (nSPS) is 24.2. The molecule has 118 valence electrons. The van der Waals surface area contributed by atoms with Crippen molar-refractivity contribution in [3.63, 3.8) is 0 Å². The molecule has 2 rings (SSSR count). The SMILES string of the molecule is CCC(C)C1CN(c2ccc(OC(C)C)cc2)C(C)CN1. The summed E-state index contributed by atoms with van der Waals surface area (Å²) < 4.78 is 5.73. The highest BCUT2D eigenvalue weighted by Crippen LogP contribution is 2.25. The molecule has 0 spiro atoms. The third kappa shape index (κ3) is 4.13. The van der Waals surface area contributed by atoms with Crippen molar-refractivity contribution in [1.29, 1.82) is 0 Å². The van der Waals surface area contributed by atoms with Crippen LogP contribution >= 0.6 is 0 Å². The standard InChI is InChI=1S/C18H30N2O/c1-6-14(4)18-12-20(15(5)11-19-18)16-7-9-17(10-8-16)21-13(2)3/h7-10,13-15,18-19H,6,11-12H2,1-5H3. The number of rotatable bonds is 5. The van der Waals surface area contributed by atoms with E-state index in [-0.39, 0.29) is 6.10 Å². The Morgan fingerprint density at radius 3 is 2.48 bits per heavy atom. The summed E-state index contributed by atoms with van der Waals surface area (Å²) >= 11 is 0. The molecular formula is C18H30N2O. The molecule has 0 bridgehead atoms. The molecule has 1 fully saturated rings. The van der Waals surface area contributed by atoms with Crippen molar-refractivity contribution in [2.75, 3.05) is 18.0 Å². The summed E-state index contributed by atoms with van der Waals surface area (Å²) in [4.78, 5) is 2.52. The molecule has 1 saturated heterocycles. The molecule has 3 atom stereocenters. The molecule has 0 aliphatic carbocycles. The highest BCUT2D eigenvalue weighted by Gasteiger charge is 2.27. The minimum absolute atomic E-state index is 0.226. The Morgan fingerprint density at radius 1 is 1.24 bits per heavy atom. The van der Waals surface area contributed by atoms with Crippen LogP contribution in [0.25, 0.3) is 0 Å². The third-order valence-electron chi connectivity index (χ3n) is 4.47. The lowest BCUT2D eigenvalue weighted by atomic mass is 9.95. The van der Waals surface area contributed by atoms with E-state index in [1.165, 1.54) is 12.1 Å². The quantitative estimate of drug-likeness (QED) is 0.895. The van der Waals surface area contributed by atoms with Crippen LogP contribution in [0, 0.1) is 5.92 Å². The Bertz CT molecular complexity index is 429. The number of hydrogen-bond donors (Lipinski definition) is 1. The third-order valence-corrected chi connectivity index (χ3v) is 4.47. The highest BCUT2D eigenvalue weighted by atomic mass is 16.5. The monoisotopic (exact) mass is 290 g/mol. The first-order chi connectivity index (χ1) is 10.0. The molecule has 21 heavy (non-hydrogen) atoms. The largest absolute Gasteiger partial charge is 0.491 e. The average Bonchev–Trinajstić information content (AvgIpc) is 2.47. The maximum atomic E-state index is 5.73. The van der Waals surface area contributed by atoms with Gasteiger partial charge in [-0.05, 0) is 51.0 Å². The van der Waals surface area contributed by atoms with Crippen molar-refractivity contribution in [3.05, 3.63) is 24.3 Å². The van der Waals surface area contributed by atoms with Crippen molar-refractivity contribution in [1.82, 2.24) is 5.32 Å². The van der Waals surface area contributed by atoms with Gasteiger partial charge >= 0.3 is 0 Å². The number of nitrogens with zero attached hydrogens (tertiary/aromatic N) is 1. The van der Waals surface area contributed by atoms with Crippen LogP contribution in [-0.4, -0.2) is 31.3 Å². The van der Waals surface area contributed by atoms with E-state index in [2.05, 4.69) is 69.1 Å². The Kier molecular flexibility index (Phi) is 5.51. The lowest BCUT2D eigenvalue weighted by molar-refractivity contribution is 0.242. The molecule has 0 saturated carbocycles. The first kappa shape index (κ1) is 16.2. The van der Waals surface area contributed by atoms with Gasteiger partial charge in [-0.15, -0.1) is 0 Å². The second-order valence-corrected chi connectivity index (χ2v) is 6.56. The van der Waals surface area contributed by atoms with E-state index in [0.29, 0.717) is 18.0 Å². The van der Waals surface area contributed by atoms with Crippen LogP contribution < -0.4 is 15.0 Å². The van der Waals surface area contributed by atoms with Gasteiger partial charge < -0.3 is 15.0 Å². The Morgan fingerprint density at radius 2 is 1.90 bits per heavy atom. The van der Waals surface area contributed by atoms with Crippen LogP contribution in [0.4, 0.5) is 5.69 Å². The van der Waals surface area contributed by atoms with Gasteiger partial charge in [0.1, 0.15) is 5.75 Å². The molecular weight excluding hydrogens is 260 g/mol. The zero-order valence-electron chi connectivity index (χ0n) is 14.1. The summed E-state index contributed by atoms with van der Waals surface area (Å²) in [5.41, 5.74) is 1.30. The van der Waals surface area contributed by atoms with Gasteiger partial charge in [-0.25, -0.2) is 0 Å². The van der Waals surface area contributed by atoms with E-state index in [1.54, 1.807) is 0 Å². The van der Waals surface area contributed by atoms with Crippen LogP contribution in [0.3, 0.4) is 0 Å². The maximum absolute atomic E-state index is 5.73. The molecule has 1 N–H and O–H groups in total. The molecule has 1 aromatic rings. The second-order valence-electron chi connectivity index (χ2n) is 6.56. The van der Waals surface area contributed by atoms with Crippen molar-refractivity contribution >= 4 is 5.69 Å². The zero-order chi connectivity index (χ0) is 15.4. The van der Waals surface area contributed by atoms with E-state index in [1.807, 2.05) is 0 Å². The summed E-state index contributed by atoms with van der Waals surface area (Å²) in [5.74, 6) is 1.67. The number of nitrogens with one attached hydrogen (secondary N) is 1. The Labute approximate surface area is 129 Å². The first-order valence-electron chi connectivity index (χ1n) is 8.28. The van der Waals surface area contributed by atoms with Gasteiger partial charge in [0.15, 0.2) is 0 Å². The lowest BCUT2D eigenvalue weighted by Crippen LogP contribution is -2.57. The molecule has 1 aliphatic rings. The van der Waals surface area contributed by atoms with Gasteiger partial charge in [0.05, 0.1) is 6.10 Å². The predicted octanol–water partition coefficient (Wildman–Crippen LogP) is 3.69. The molecule has 3 unspecified atom stereocenters. The van der Waals surface area contributed by atoms with E-state index in [9.17, 15) is 0 Å². The summed E-state index contributed by atoms with van der Waals surface area (Å²) in [6, 6.07) is 9.66. The van der Waals surface area contributed by atoms with Crippen LogP contribution in [0.15, 0.2) is 24.3 Å². The number of piperazine rings is 1. The van der Waals surface area contributed by atoms with Gasteiger partial charge in [-0.1, -0.05) is 20.3 Å². The fourth-order valence-corrected chi connectivity index (χ4v) is 2.90. The molecule has 1 aliphatic heterocycles.